The van der Waals surface area contributed by atoms with E-state index in [0.717, 1.165) is 79.1 Å². The van der Waals surface area contributed by atoms with Crippen LogP contribution in [0.15, 0.2) is 55.1 Å². The summed E-state index contributed by atoms with van der Waals surface area (Å²) in [6.45, 7) is 9.57. The summed E-state index contributed by atoms with van der Waals surface area (Å²) in [4.78, 5) is 28.5. The fraction of sp³-hybridized carbons (Fsp3) is 0.345. The third kappa shape index (κ3) is 3.78. The molecule has 0 unspecified atom stereocenters. The molecule has 36 heavy (non-hydrogen) atoms. The molecule has 3 fully saturated rings. The summed E-state index contributed by atoms with van der Waals surface area (Å²) in [7, 11) is 0. The Hall–Kier alpha value is -3.89. The monoisotopic (exact) mass is 479 g/mol. The van der Waals surface area contributed by atoms with Crippen molar-refractivity contribution in [2.24, 2.45) is 5.41 Å². The van der Waals surface area contributed by atoms with Crippen LogP contribution in [0.5, 0.6) is 0 Å². The number of morpholine rings is 1. The Morgan fingerprint density at radius 3 is 2.58 bits per heavy atom. The van der Waals surface area contributed by atoms with Crippen LogP contribution in [0, 0.1) is 17.8 Å². The lowest BCUT2D eigenvalue weighted by atomic mass is 9.79. The first kappa shape index (κ1) is 22.6. The second kappa shape index (κ2) is 8.96. The average Bonchev–Trinajstić information content (AvgIpc) is 3.37. The van der Waals surface area contributed by atoms with Crippen molar-refractivity contribution >= 4 is 28.4 Å². The van der Waals surface area contributed by atoms with E-state index in [-0.39, 0.29) is 11.3 Å². The minimum Gasteiger partial charge on any atom is -0.378 e. The molecule has 0 saturated carbocycles. The molecule has 0 radical (unpaired) electrons. The van der Waals surface area contributed by atoms with Gasteiger partial charge in [-0.25, -0.2) is 4.98 Å². The van der Waals surface area contributed by atoms with Crippen LogP contribution in [0.2, 0.25) is 0 Å². The zero-order chi connectivity index (χ0) is 24.7. The Balaban J connectivity index is 1.44. The lowest BCUT2D eigenvalue weighted by Gasteiger charge is -2.47. The maximum atomic E-state index is 12.0. The smallest absolute Gasteiger partial charge is 0.245 e. The van der Waals surface area contributed by atoms with Gasteiger partial charge in [0.2, 0.25) is 11.9 Å². The lowest BCUT2D eigenvalue weighted by Crippen LogP contribution is -2.59. The predicted molar refractivity (Wildman–Crippen MR) is 142 cm³/mol. The summed E-state index contributed by atoms with van der Waals surface area (Å²) in [5.41, 5.74) is 2.60. The number of likely N-dealkylation sites (tertiary alicyclic amines) is 1. The van der Waals surface area contributed by atoms with Gasteiger partial charge >= 0.3 is 0 Å². The summed E-state index contributed by atoms with van der Waals surface area (Å²) in [5, 5.41) is 2.26. The van der Waals surface area contributed by atoms with Crippen LogP contribution in [0.3, 0.4) is 0 Å². The largest absolute Gasteiger partial charge is 0.378 e. The van der Waals surface area contributed by atoms with Gasteiger partial charge < -0.3 is 19.4 Å². The molecule has 7 nitrogen and oxygen atoms in total. The van der Waals surface area contributed by atoms with Crippen LogP contribution >= 0.6 is 0 Å². The topological polar surface area (TPSA) is 61.8 Å². The SMILES string of the molecule is C#Cc1c(-c2cccc3ccccc23)nc(N2CCOCC2)nc1N1CCC2(CN(C(=O)C=C)C2)C1. The van der Waals surface area contributed by atoms with Crippen molar-refractivity contribution in [1.82, 2.24) is 14.9 Å². The molecule has 1 amide bonds. The highest BCUT2D eigenvalue weighted by Gasteiger charge is 2.49. The Bertz CT molecular complexity index is 1380. The van der Waals surface area contributed by atoms with Crippen LogP contribution < -0.4 is 9.80 Å². The van der Waals surface area contributed by atoms with Crippen LogP contribution in [0.1, 0.15) is 12.0 Å². The standard InChI is InChI=1S/C29H29N5O2/c1-3-22-26(24-11-7-9-21-8-5-6-10-23(21)24)30-28(32-14-16-36-17-15-32)31-27(22)33-13-12-29(18-33)19-34(20-29)25(35)4-2/h1,4-11H,2,12-20H2. The van der Waals surface area contributed by atoms with Gasteiger partial charge in [-0.05, 0) is 23.3 Å². The number of aromatic nitrogens is 2. The van der Waals surface area contributed by atoms with E-state index in [1.54, 1.807) is 0 Å². The molecule has 3 aliphatic heterocycles. The Labute approximate surface area is 211 Å². The fourth-order valence-corrected chi connectivity index (χ4v) is 5.75. The number of benzene rings is 2. The number of rotatable bonds is 4. The van der Waals surface area contributed by atoms with Gasteiger partial charge in [-0.2, -0.15) is 4.98 Å². The summed E-state index contributed by atoms with van der Waals surface area (Å²) in [5.74, 6) is 4.44. The van der Waals surface area contributed by atoms with Gasteiger partial charge in [0.25, 0.3) is 0 Å². The molecule has 182 valence electrons. The van der Waals surface area contributed by atoms with Gasteiger partial charge in [-0.3, -0.25) is 4.79 Å². The second-order valence-corrected chi connectivity index (χ2v) is 9.91. The van der Waals surface area contributed by atoms with Crippen molar-refractivity contribution in [2.75, 3.05) is 62.3 Å². The number of anilines is 2. The number of carbonyl (C=O) groups is 1. The number of hydrogen-bond donors (Lipinski definition) is 0. The van der Waals surface area contributed by atoms with Gasteiger partial charge in [-0.1, -0.05) is 55.0 Å². The minimum atomic E-state index is -0.00160. The second-order valence-electron chi connectivity index (χ2n) is 9.91. The highest BCUT2D eigenvalue weighted by molar-refractivity contribution is 5.98. The molecule has 0 bridgehead atoms. The van der Waals surface area contributed by atoms with Crippen molar-refractivity contribution in [2.45, 2.75) is 6.42 Å². The highest BCUT2D eigenvalue weighted by Crippen LogP contribution is 2.43. The number of terminal acetylenes is 1. The molecule has 0 N–H and O–H groups in total. The van der Waals surface area contributed by atoms with Gasteiger partial charge in [0, 0.05) is 50.2 Å². The molecule has 4 heterocycles. The lowest BCUT2D eigenvalue weighted by molar-refractivity contribution is -0.136. The third-order valence-electron chi connectivity index (χ3n) is 7.64. The van der Waals surface area contributed by atoms with Gasteiger partial charge in [0.05, 0.1) is 24.5 Å². The van der Waals surface area contributed by atoms with E-state index in [1.165, 1.54) is 6.08 Å². The van der Waals surface area contributed by atoms with Gasteiger partial charge in [-0.15, -0.1) is 6.42 Å². The normalized spacial score (nSPS) is 18.8. The van der Waals surface area contributed by atoms with Crippen LogP contribution in [0.4, 0.5) is 11.8 Å². The molecular formula is C29H29N5O2. The molecule has 3 aromatic rings. The summed E-state index contributed by atoms with van der Waals surface area (Å²) in [6.07, 6.45) is 8.56. The summed E-state index contributed by atoms with van der Waals surface area (Å²) >= 11 is 0. The van der Waals surface area contributed by atoms with E-state index in [1.807, 2.05) is 17.0 Å². The van der Waals surface area contributed by atoms with Gasteiger partial charge in [0.15, 0.2) is 5.82 Å². The number of fused-ring (bicyclic) bond motifs is 1. The van der Waals surface area contributed by atoms with Crippen molar-refractivity contribution < 1.29 is 9.53 Å². The molecule has 0 aliphatic carbocycles. The van der Waals surface area contributed by atoms with Crippen molar-refractivity contribution in [3.63, 3.8) is 0 Å². The first-order chi connectivity index (χ1) is 17.6. The number of hydrogen-bond acceptors (Lipinski definition) is 6. The number of amides is 1. The average molecular weight is 480 g/mol. The quantitative estimate of drug-likeness (QED) is 0.423. The third-order valence-corrected chi connectivity index (χ3v) is 7.64. The molecule has 6 rings (SSSR count). The highest BCUT2D eigenvalue weighted by atomic mass is 16.5. The first-order valence-corrected chi connectivity index (χ1v) is 12.5. The summed E-state index contributed by atoms with van der Waals surface area (Å²) < 4.78 is 5.58. The fourth-order valence-electron chi connectivity index (χ4n) is 5.75. The van der Waals surface area contributed by atoms with E-state index < -0.39 is 0 Å². The maximum Gasteiger partial charge on any atom is 0.245 e. The molecular weight excluding hydrogens is 450 g/mol. The molecule has 2 aromatic carbocycles. The zero-order valence-corrected chi connectivity index (χ0v) is 20.3. The first-order valence-electron chi connectivity index (χ1n) is 12.5. The number of nitrogens with zero attached hydrogens (tertiary/aromatic N) is 5. The van der Waals surface area contributed by atoms with Crippen LogP contribution in [-0.4, -0.2) is 73.3 Å². The van der Waals surface area contributed by atoms with Crippen molar-refractivity contribution in [1.29, 1.82) is 0 Å². The van der Waals surface area contributed by atoms with E-state index in [9.17, 15) is 4.79 Å². The van der Waals surface area contributed by atoms with E-state index >= 15 is 0 Å². The van der Waals surface area contributed by atoms with Crippen LogP contribution in [0.25, 0.3) is 22.0 Å². The maximum absolute atomic E-state index is 12.0. The van der Waals surface area contributed by atoms with Gasteiger partial charge in [0.1, 0.15) is 0 Å². The Morgan fingerprint density at radius 1 is 1.03 bits per heavy atom. The summed E-state index contributed by atoms with van der Waals surface area (Å²) in [6, 6.07) is 14.6. The van der Waals surface area contributed by atoms with E-state index in [2.05, 4.69) is 52.6 Å². The van der Waals surface area contributed by atoms with Crippen molar-refractivity contribution in [3.8, 4) is 23.6 Å². The molecule has 3 aliphatic rings. The van der Waals surface area contributed by atoms with E-state index in [0.29, 0.717) is 19.2 Å². The Morgan fingerprint density at radius 2 is 1.81 bits per heavy atom. The van der Waals surface area contributed by atoms with Crippen molar-refractivity contribution in [3.05, 3.63) is 60.7 Å². The molecule has 0 atom stereocenters. The predicted octanol–water partition coefficient (Wildman–Crippen LogP) is 3.34. The minimum absolute atomic E-state index is 0.00160. The molecule has 1 aromatic heterocycles. The Kier molecular flexibility index (Phi) is 5.62. The molecule has 7 heteroatoms. The number of carbonyl (C=O) groups excluding carboxylic acids is 1. The number of ether oxygens (including phenoxy) is 1. The molecule has 3 saturated heterocycles. The van der Waals surface area contributed by atoms with E-state index in [4.69, 9.17) is 21.1 Å². The van der Waals surface area contributed by atoms with Crippen LogP contribution in [-0.2, 0) is 9.53 Å². The zero-order valence-electron chi connectivity index (χ0n) is 20.3. The molecule has 1 spiro atoms.